The van der Waals surface area contributed by atoms with Crippen molar-refractivity contribution in [2.75, 3.05) is 40.3 Å². The third kappa shape index (κ3) is 8.54. The summed E-state index contributed by atoms with van der Waals surface area (Å²) >= 11 is 12.7. The number of benzene rings is 2. The molecule has 0 aliphatic carbocycles. The van der Waals surface area contributed by atoms with E-state index in [2.05, 4.69) is 5.10 Å². The predicted molar refractivity (Wildman–Crippen MR) is 173 cm³/mol. The molecular weight excluding hydrogens is 601 g/mol. The van der Waals surface area contributed by atoms with Crippen LogP contribution in [0, 0.1) is 0 Å². The van der Waals surface area contributed by atoms with Crippen molar-refractivity contribution in [1.29, 1.82) is 0 Å². The van der Waals surface area contributed by atoms with Gasteiger partial charge in [0.1, 0.15) is 11.8 Å². The summed E-state index contributed by atoms with van der Waals surface area (Å²) < 4.78 is 7.78. The van der Waals surface area contributed by atoms with E-state index in [4.69, 9.17) is 27.9 Å². The van der Waals surface area contributed by atoms with E-state index in [0.717, 1.165) is 12.0 Å². The zero-order chi connectivity index (χ0) is 31.6. The number of aromatic nitrogens is 2. The molecule has 1 aromatic heterocycles. The van der Waals surface area contributed by atoms with Gasteiger partial charge in [-0.05, 0) is 55.9 Å². The van der Waals surface area contributed by atoms with Crippen LogP contribution in [0.25, 0.3) is 0 Å². The lowest BCUT2D eigenvalue weighted by molar-refractivity contribution is -0.134. The van der Waals surface area contributed by atoms with Crippen molar-refractivity contribution in [3.05, 3.63) is 81.6 Å². The summed E-state index contributed by atoms with van der Waals surface area (Å²) in [7, 11) is 3.40. The first kappa shape index (κ1) is 33.3. The number of amides is 3. The van der Waals surface area contributed by atoms with E-state index in [1.165, 1.54) is 4.90 Å². The molecule has 44 heavy (non-hydrogen) atoms. The van der Waals surface area contributed by atoms with Crippen LogP contribution < -0.4 is 4.74 Å². The highest BCUT2D eigenvalue weighted by Gasteiger charge is 2.32. The number of nitrogens with zero attached hydrogens (tertiary/aromatic N) is 5. The maximum atomic E-state index is 13.9. The van der Waals surface area contributed by atoms with Crippen LogP contribution in [0.3, 0.4) is 0 Å². The average Bonchev–Trinajstić information content (AvgIpc) is 3.39. The van der Waals surface area contributed by atoms with Gasteiger partial charge in [0, 0.05) is 57.9 Å². The molecule has 0 saturated heterocycles. The third-order valence-electron chi connectivity index (χ3n) is 7.80. The number of carbonyl (C=O) groups is 3. The normalized spacial score (nSPS) is 17.7. The Morgan fingerprint density at radius 3 is 2.41 bits per heavy atom. The number of halogens is 2. The Morgan fingerprint density at radius 1 is 0.977 bits per heavy atom. The number of fused-ring (bicyclic) bond motifs is 1. The molecule has 0 fully saturated rings. The van der Waals surface area contributed by atoms with E-state index in [1.54, 1.807) is 53.0 Å². The number of likely N-dealkylation sites (N-methyl/N-ethyl adjacent to an activating group) is 2. The van der Waals surface area contributed by atoms with Gasteiger partial charge in [0.05, 0.1) is 17.2 Å². The van der Waals surface area contributed by atoms with E-state index < -0.39 is 6.04 Å². The largest absolute Gasteiger partial charge is 0.493 e. The van der Waals surface area contributed by atoms with Crippen LogP contribution in [-0.2, 0) is 17.8 Å². The quantitative estimate of drug-likeness (QED) is 0.349. The van der Waals surface area contributed by atoms with Crippen LogP contribution in [0.4, 0.5) is 0 Å². The van der Waals surface area contributed by atoms with E-state index in [0.29, 0.717) is 86.2 Å². The number of rotatable bonds is 5. The van der Waals surface area contributed by atoms with Crippen LogP contribution in [0.1, 0.15) is 65.4 Å². The molecule has 2 heterocycles. The van der Waals surface area contributed by atoms with E-state index in [9.17, 15) is 14.4 Å². The molecule has 0 saturated carbocycles. The fourth-order valence-electron chi connectivity index (χ4n) is 5.31. The molecule has 11 heteroatoms. The smallest absolute Gasteiger partial charge is 0.275 e. The van der Waals surface area contributed by atoms with Gasteiger partial charge in [-0.15, -0.1) is 0 Å². The Morgan fingerprint density at radius 2 is 1.68 bits per heavy atom. The summed E-state index contributed by atoms with van der Waals surface area (Å²) in [5.41, 5.74) is 1.50. The molecule has 4 rings (SSSR count). The summed E-state index contributed by atoms with van der Waals surface area (Å²) in [5.74, 6) is -0.315. The summed E-state index contributed by atoms with van der Waals surface area (Å²) in [6.45, 7) is 4.55. The minimum atomic E-state index is -0.740. The standard InChI is InChI=1S/C33H41Cl2N5O4/c1-4-16-40-23-27(35)30(36-40)33(43)39-18-9-8-17-37(2)32(42)28(21-24-12-6-5-7-13-24)38(3)31(41)26-22-25(34)14-15-29(26)44-20-11-10-19-39/h5-7,12-15,22-23,28H,4,8-11,16-21H2,1-3H3/t28-/m0/s1. The lowest BCUT2D eigenvalue weighted by atomic mass is 10.0. The van der Waals surface area contributed by atoms with Crippen molar-refractivity contribution in [3.8, 4) is 5.75 Å². The molecule has 0 unspecified atom stereocenters. The van der Waals surface area contributed by atoms with Crippen LogP contribution in [0.5, 0.6) is 5.75 Å². The van der Waals surface area contributed by atoms with Crippen molar-refractivity contribution in [3.63, 3.8) is 0 Å². The SMILES string of the molecule is CCCn1cc(Cl)c(C(=O)N2CCCCOc3ccc(Cl)cc3C(=O)N(C)[C@@H](Cc3ccccc3)C(=O)N(C)CCCC2)n1. The van der Waals surface area contributed by atoms with Crippen LogP contribution in [0.2, 0.25) is 10.0 Å². The fraction of sp³-hybridized carbons (Fsp3) is 0.455. The molecule has 1 atom stereocenters. The molecule has 0 spiro atoms. The second-order valence-electron chi connectivity index (χ2n) is 11.2. The van der Waals surface area contributed by atoms with Gasteiger partial charge in [-0.1, -0.05) is 60.5 Å². The second-order valence-corrected chi connectivity index (χ2v) is 12.0. The summed E-state index contributed by atoms with van der Waals surface area (Å²) in [6, 6.07) is 13.9. The van der Waals surface area contributed by atoms with Gasteiger partial charge in [0.25, 0.3) is 11.8 Å². The minimum Gasteiger partial charge on any atom is -0.493 e. The first-order valence-electron chi connectivity index (χ1n) is 15.2. The maximum absolute atomic E-state index is 13.9. The molecule has 0 N–H and O–H groups in total. The van der Waals surface area contributed by atoms with Crippen LogP contribution in [0.15, 0.2) is 54.7 Å². The highest BCUT2D eigenvalue weighted by molar-refractivity contribution is 6.33. The second kappa shape index (κ2) is 16.0. The zero-order valence-electron chi connectivity index (χ0n) is 25.7. The van der Waals surface area contributed by atoms with Crippen molar-refractivity contribution >= 4 is 40.9 Å². The number of hydrogen-bond donors (Lipinski definition) is 0. The summed E-state index contributed by atoms with van der Waals surface area (Å²) in [5, 5.41) is 5.19. The van der Waals surface area contributed by atoms with Gasteiger partial charge in [-0.25, -0.2) is 0 Å². The highest BCUT2D eigenvalue weighted by Crippen LogP contribution is 2.26. The Bertz CT molecular complexity index is 1430. The Balaban J connectivity index is 1.59. The molecule has 236 valence electrons. The van der Waals surface area contributed by atoms with Crippen molar-refractivity contribution in [2.24, 2.45) is 0 Å². The Labute approximate surface area is 269 Å². The molecule has 0 bridgehead atoms. The van der Waals surface area contributed by atoms with Gasteiger partial charge in [-0.3, -0.25) is 19.1 Å². The maximum Gasteiger partial charge on any atom is 0.275 e. The molecular formula is C33H41Cl2N5O4. The van der Waals surface area contributed by atoms with Crippen molar-refractivity contribution in [1.82, 2.24) is 24.5 Å². The minimum absolute atomic E-state index is 0.167. The Kier molecular flexibility index (Phi) is 12.1. The number of ether oxygens (including phenoxy) is 1. The van der Waals surface area contributed by atoms with E-state index >= 15 is 0 Å². The third-order valence-corrected chi connectivity index (χ3v) is 8.32. The molecule has 0 radical (unpaired) electrons. The van der Waals surface area contributed by atoms with Gasteiger partial charge in [0.2, 0.25) is 5.91 Å². The highest BCUT2D eigenvalue weighted by atomic mass is 35.5. The molecule has 1 aliphatic heterocycles. The lowest BCUT2D eigenvalue weighted by Crippen LogP contribution is -2.49. The molecule has 2 aromatic carbocycles. The summed E-state index contributed by atoms with van der Waals surface area (Å²) in [4.78, 5) is 46.2. The monoisotopic (exact) mass is 641 g/mol. The molecule has 9 nitrogen and oxygen atoms in total. The first-order valence-corrected chi connectivity index (χ1v) is 16.0. The molecule has 3 aromatic rings. The average molecular weight is 643 g/mol. The fourth-order valence-corrected chi connectivity index (χ4v) is 5.71. The molecule has 3 amide bonds. The van der Waals surface area contributed by atoms with Crippen molar-refractivity contribution < 1.29 is 19.1 Å². The lowest BCUT2D eigenvalue weighted by Gasteiger charge is -2.31. The first-order chi connectivity index (χ1) is 21.2. The van der Waals surface area contributed by atoms with Gasteiger partial charge >= 0.3 is 0 Å². The zero-order valence-corrected chi connectivity index (χ0v) is 27.2. The summed E-state index contributed by atoms with van der Waals surface area (Å²) in [6.07, 6.45) is 5.65. The number of aryl methyl sites for hydroxylation is 1. The molecule has 1 aliphatic rings. The van der Waals surface area contributed by atoms with Crippen molar-refractivity contribution in [2.45, 2.75) is 58.0 Å². The predicted octanol–water partition coefficient (Wildman–Crippen LogP) is 5.84. The van der Waals surface area contributed by atoms with Crippen LogP contribution in [-0.4, -0.2) is 88.6 Å². The van der Waals surface area contributed by atoms with E-state index in [1.807, 2.05) is 37.3 Å². The van der Waals surface area contributed by atoms with Crippen LogP contribution >= 0.6 is 23.2 Å². The van der Waals surface area contributed by atoms with Gasteiger partial charge in [-0.2, -0.15) is 5.10 Å². The number of carbonyl (C=O) groups excluding carboxylic acids is 3. The topological polar surface area (TPSA) is 88.0 Å². The number of hydrogen-bond acceptors (Lipinski definition) is 5. The van der Waals surface area contributed by atoms with Gasteiger partial charge in [0.15, 0.2) is 5.69 Å². The van der Waals surface area contributed by atoms with E-state index in [-0.39, 0.29) is 23.4 Å². The van der Waals surface area contributed by atoms with Gasteiger partial charge < -0.3 is 19.4 Å². The Hall–Kier alpha value is -3.56.